The Bertz CT molecular complexity index is 150. The van der Waals surface area contributed by atoms with Crippen molar-refractivity contribution in [1.82, 2.24) is 5.32 Å². The summed E-state index contributed by atoms with van der Waals surface area (Å²) in [6.45, 7) is 4.36. The van der Waals surface area contributed by atoms with Gasteiger partial charge in [0.2, 0.25) is 0 Å². The second-order valence-electron chi connectivity index (χ2n) is 3.71. The Labute approximate surface area is 69.9 Å². The molecule has 0 aromatic carbocycles. The van der Waals surface area contributed by atoms with Crippen LogP contribution in [0.1, 0.15) is 39.5 Å². The summed E-state index contributed by atoms with van der Waals surface area (Å²) in [6.07, 6.45) is 5.59. The van der Waals surface area contributed by atoms with Crippen LogP contribution in [0.25, 0.3) is 0 Å². The molecule has 0 amide bonds. The summed E-state index contributed by atoms with van der Waals surface area (Å²) < 4.78 is 0. The number of rotatable bonds is 4. The molecule has 0 spiro atoms. The van der Waals surface area contributed by atoms with Crippen molar-refractivity contribution in [1.29, 1.82) is 0 Å². The molecule has 0 unspecified atom stereocenters. The highest BCUT2D eigenvalue weighted by Gasteiger charge is 2.20. The van der Waals surface area contributed by atoms with Gasteiger partial charge < -0.3 is 5.32 Å². The molecule has 0 aromatic rings. The highest BCUT2D eigenvalue weighted by atomic mass is 14.8. The molecule has 0 aliphatic heterocycles. The molecule has 0 aromatic heterocycles. The predicted molar refractivity (Wildman–Crippen MR) is 49.4 cm³/mol. The topological polar surface area (TPSA) is 12.0 Å². The van der Waals surface area contributed by atoms with E-state index in [4.69, 9.17) is 0 Å². The third-order valence-corrected chi connectivity index (χ3v) is 2.40. The normalized spacial score (nSPS) is 16.3. The molecule has 1 aliphatic carbocycles. The molecule has 0 radical (unpaired) electrons. The maximum Gasteiger partial charge on any atom is 0.00904 e. The summed E-state index contributed by atoms with van der Waals surface area (Å²) in [7, 11) is 2.02. The van der Waals surface area contributed by atoms with Gasteiger partial charge >= 0.3 is 0 Å². The monoisotopic (exact) mass is 153 g/mol. The van der Waals surface area contributed by atoms with Gasteiger partial charge in [0.15, 0.2) is 0 Å². The molecule has 1 aliphatic rings. The number of hydrogen-bond donors (Lipinski definition) is 1. The van der Waals surface area contributed by atoms with Crippen molar-refractivity contribution in [2.24, 2.45) is 5.92 Å². The van der Waals surface area contributed by atoms with Gasteiger partial charge in [-0.2, -0.15) is 0 Å². The first-order chi connectivity index (χ1) is 5.24. The molecule has 64 valence electrons. The molecule has 1 saturated carbocycles. The average Bonchev–Trinajstić information content (AvgIpc) is 2.72. The number of allylic oxidation sites excluding steroid dienone is 2. The summed E-state index contributed by atoms with van der Waals surface area (Å²) in [5.41, 5.74) is 2.88. The van der Waals surface area contributed by atoms with Crippen LogP contribution in [-0.2, 0) is 0 Å². The second kappa shape index (κ2) is 3.80. The first-order valence-corrected chi connectivity index (χ1v) is 4.58. The van der Waals surface area contributed by atoms with Crippen molar-refractivity contribution >= 4 is 0 Å². The van der Waals surface area contributed by atoms with Gasteiger partial charge in [-0.25, -0.2) is 0 Å². The zero-order valence-corrected chi connectivity index (χ0v) is 7.91. The number of hydrogen-bond acceptors (Lipinski definition) is 1. The Balaban J connectivity index is 2.25. The summed E-state index contributed by atoms with van der Waals surface area (Å²) >= 11 is 0. The maximum absolute atomic E-state index is 3.26. The van der Waals surface area contributed by atoms with Crippen molar-refractivity contribution in [3.8, 4) is 0 Å². The lowest BCUT2D eigenvalue weighted by atomic mass is 10.1. The van der Waals surface area contributed by atoms with Gasteiger partial charge in [-0.15, -0.1) is 0 Å². The Morgan fingerprint density at radius 1 is 1.36 bits per heavy atom. The van der Waals surface area contributed by atoms with E-state index in [1.165, 1.54) is 37.0 Å². The first-order valence-electron chi connectivity index (χ1n) is 4.58. The molecule has 1 N–H and O–H groups in total. The van der Waals surface area contributed by atoms with Crippen molar-refractivity contribution in [2.45, 2.75) is 39.5 Å². The standard InChI is InChI=1S/C10H19N/c1-8(2)10(11-3)7-6-9-4-5-9/h9,11H,4-7H2,1-3H3. The average molecular weight is 153 g/mol. The zero-order chi connectivity index (χ0) is 8.27. The fourth-order valence-electron chi connectivity index (χ4n) is 1.38. The third kappa shape index (κ3) is 2.96. The molecule has 1 rings (SSSR count). The van der Waals surface area contributed by atoms with E-state index in [-0.39, 0.29) is 0 Å². The second-order valence-corrected chi connectivity index (χ2v) is 3.71. The van der Waals surface area contributed by atoms with Crippen LogP contribution in [0, 0.1) is 5.92 Å². The van der Waals surface area contributed by atoms with E-state index in [0.717, 1.165) is 5.92 Å². The van der Waals surface area contributed by atoms with Crippen molar-refractivity contribution in [3.63, 3.8) is 0 Å². The molecule has 1 nitrogen and oxygen atoms in total. The first kappa shape index (κ1) is 8.63. The summed E-state index contributed by atoms with van der Waals surface area (Å²) in [5, 5.41) is 3.26. The highest BCUT2D eigenvalue weighted by Crippen LogP contribution is 2.34. The molecule has 11 heavy (non-hydrogen) atoms. The van der Waals surface area contributed by atoms with Gasteiger partial charge in [-0.3, -0.25) is 0 Å². The quantitative estimate of drug-likeness (QED) is 0.654. The van der Waals surface area contributed by atoms with Gasteiger partial charge in [-0.1, -0.05) is 18.4 Å². The molecular formula is C10H19N. The smallest absolute Gasteiger partial charge is 0.00904 e. The summed E-state index contributed by atoms with van der Waals surface area (Å²) in [6, 6.07) is 0. The minimum Gasteiger partial charge on any atom is -0.391 e. The van der Waals surface area contributed by atoms with Crippen LogP contribution in [0.2, 0.25) is 0 Å². The van der Waals surface area contributed by atoms with E-state index in [9.17, 15) is 0 Å². The van der Waals surface area contributed by atoms with Crippen LogP contribution < -0.4 is 5.32 Å². The van der Waals surface area contributed by atoms with E-state index in [1.807, 2.05) is 7.05 Å². The maximum atomic E-state index is 3.26. The SMILES string of the molecule is CNC(CCC1CC1)=C(C)C. The van der Waals surface area contributed by atoms with E-state index in [2.05, 4.69) is 19.2 Å². The van der Waals surface area contributed by atoms with Gasteiger partial charge in [0.05, 0.1) is 0 Å². The largest absolute Gasteiger partial charge is 0.391 e. The minimum atomic E-state index is 1.05. The van der Waals surface area contributed by atoms with Crippen molar-refractivity contribution < 1.29 is 0 Å². The molecule has 0 heterocycles. The zero-order valence-electron chi connectivity index (χ0n) is 7.91. The van der Waals surface area contributed by atoms with Crippen LogP contribution in [0.15, 0.2) is 11.3 Å². The lowest BCUT2D eigenvalue weighted by Crippen LogP contribution is -2.07. The fraction of sp³-hybridized carbons (Fsp3) is 0.800. The fourth-order valence-corrected chi connectivity index (χ4v) is 1.38. The van der Waals surface area contributed by atoms with Gasteiger partial charge in [-0.05, 0) is 32.6 Å². The third-order valence-electron chi connectivity index (χ3n) is 2.40. The molecule has 0 atom stereocenters. The minimum absolute atomic E-state index is 1.05. The number of nitrogens with one attached hydrogen (secondary N) is 1. The lowest BCUT2D eigenvalue weighted by molar-refractivity contribution is 0.686. The Morgan fingerprint density at radius 3 is 2.36 bits per heavy atom. The van der Waals surface area contributed by atoms with E-state index in [0.29, 0.717) is 0 Å². The van der Waals surface area contributed by atoms with Crippen LogP contribution in [-0.4, -0.2) is 7.05 Å². The molecule has 1 fully saturated rings. The lowest BCUT2D eigenvalue weighted by Gasteiger charge is -2.08. The Morgan fingerprint density at radius 2 is 2.00 bits per heavy atom. The van der Waals surface area contributed by atoms with Gasteiger partial charge in [0.1, 0.15) is 0 Å². The Kier molecular flexibility index (Phi) is 2.98. The van der Waals surface area contributed by atoms with Crippen LogP contribution >= 0.6 is 0 Å². The van der Waals surface area contributed by atoms with E-state index < -0.39 is 0 Å². The van der Waals surface area contributed by atoms with Crippen LogP contribution in [0.3, 0.4) is 0 Å². The molecule has 0 bridgehead atoms. The molecule has 1 heteroatoms. The summed E-state index contributed by atoms with van der Waals surface area (Å²) in [5.74, 6) is 1.05. The molecule has 0 saturated heterocycles. The van der Waals surface area contributed by atoms with Crippen molar-refractivity contribution in [3.05, 3.63) is 11.3 Å². The van der Waals surface area contributed by atoms with Crippen molar-refractivity contribution in [2.75, 3.05) is 7.05 Å². The van der Waals surface area contributed by atoms with Crippen LogP contribution in [0.5, 0.6) is 0 Å². The predicted octanol–water partition coefficient (Wildman–Crippen LogP) is 2.69. The highest BCUT2D eigenvalue weighted by molar-refractivity contribution is 5.07. The van der Waals surface area contributed by atoms with Crippen LogP contribution in [0.4, 0.5) is 0 Å². The van der Waals surface area contributed by atoms with E-state index in [1.54, 1.807) is 0 Å². The van der Waals surface area contributed by atoms with Gasteiger partial charge in [0.25, 0.3) is 0 Å². The summed E-state index contributed by atoms with van der Waals surface area (Å²) in [4.78, 5) is 0. The van der Waals surface area contributed by atoms with Gasteiger partial charge in [0, 0.05) is 12.7 Å². The molecular weight excluding hydrogens is 134 g/mol. The Hall–Kier alpha value is -0.460. The van der Waals surface area contributed by atoms with E-state index >= 15 is 0 Å².